The zero-order valence-corrected chi connectivity index (χ0v) is 12.6. The van der Waals surface area contributed by atoms with Crippen LogP contribution in [0.25, 0.3) is 0 Å². The normalized spacial score (nSPS) is 11.9. The molecule has 0 unspecified atom stereocenters. The van der Waals surface area contributed by atoms with Crippen molar-refractivity contribution in [1.82, 2.24) is 4.90 Å². The molecule has 20 heavy (non-hydrogen) atoms. The number of aryl methyl sites for hydroxylation is 1. The molecule has 7 heteroatoms. The lowest BCUT2D eigenvalue weighted by Crippen LogP contribution is -2.45. The van der Waals surface area contributed by atoms with Gasteiger partial charge in [-0.2, -0.15) is 13.2 Å². The first-order chi connectivity index (χ1) is 9.19. The highest BCUT2D eigenvalue weighted by Gasteiger charge is 2.36. The molecule has 1 aromatic heterocycles. The number of thiophene rings is 1. The summed E-state index contributed by atoms with van der Waals surface area (Å²) in [5.74, 6) is -0.596. The Kier molecular flexibility index (Phi) is 5.44. The van der Waals surface area contributed by atoms with Crippen molar-refractivity contribution in [2.75, 3.05) is 12.3 Å². The number of carbonyl (C=O) groups is 1. The van der Waals surface area contributed by atoms with Gasteiger partial charge in [0.2, 0.25) is 0 Å². The van der Waals surface area contributed by atoms with E-state index in [0.29, 0.717) is 18.5 Å². The van der Waals surface area contributed by atoms with Crippen LogP contribution in [0, 0.1) is 6.92 Å². The molecule has 1 heterocycles. The summed E-state index contributed by atoms with van der Waals surface area (Å²) in [6.07, 6.45) is -3.44. The highest BCUT2D eigenvalue weighted by molar-refractivity contribution is 7.14. The number of alkyl halides is 3. The van der Waals surface area contributed by atoms with Crippen molar-refractivity contribution in [3.8, 4) is 0 Å². The molecular weight excluding hydrogens is 289 g/mol. The van der Waals surface area contributed by atoms with E-state index in [1.165, 1.54) is 6.07 Å². The Morgan fingerprint density at radius 3 is 2.30 bits per heavy atom. The first kappa shape index (κ1) is 16.8. The van der Waals surface area contributed by atoms with Crippen LogP contribution in [-0.2, 0) is 0 Å². The highest BCUT2D eigenvalue weighted by atomic mass is 32.1. The topological polar surface area (TPSA) is 46.3 Å². The molecule has 114 valence electrons. The summed E-state index contributed by atoms with van der Waals surface area (Å²) in [7, 11) is 0. The first-order valence-electron chi connectivity index (χ1n) is 6.43. The number of nitrogens with zero attached hydrogens (tertiary/aromatic N) is 1. The van der Waals surface area contributed by atoms with E-state index in [9.17, 15) is 18.0 Å². The van der Waals surface area contributed by atoms with Gasteiger partial charge < -0.3 is 10.6 Å². The monoisotopic (exact) mass is 308 g/mol. The molecular formula is C13H19F3N2OS. The van der Waals surface area contributed by atoms with E-state index in [0.717, 1.165) is 21.1 Å². The molecule has 0 saturated carbocycles. The average Bonchev–Trinajstić information content (AvgIpc) is 2.67. The van der Waals surface area contributed by atoms with Crippen LogP contribution in [0.5, 0.6) is 0 Å². The zero-order chi connectivity index (χ0) is 15.5. The number of carbonyl (C=O) groups excluding carboxylic acids is 1. The maximum absolute atomic E-state index is 12.7. The van der Waals surface area contributed by atoms with Gasteiger partial charge in [0.1, 0.15) is 6.54 Å². The third kappa shape index (κ3) is 4.13. The lowest BCUT2D eigenvalue weighted by atomic mass is 10.1. The standard InChI is InChI=1S/C13H19F3N2OS/c1-4-9(5-2)18(7-13(14,15)16)12(19)11-6-10(17)8(3)20-11/h6,9H,4-5,7,17H2,1-3H3. The Hall–Kier alpha value is -1.24. The molecule has 0 saturated heterocycles. The van der Waals surface area contributed by atoms with Crippen LogP contribution >= 0.6 is 11.3 Å². The summed E-state index contributed by atoms with van der Waals surface area (Å²) in [4.78, 5) is 14.2. The molecule has 0 fully saturated rings. The van der Waals surface area contributed by atoms with Gasteiger partial charge in [-0.15, -0.1) is 11.3 Å². The molecule has 1 aromatic rings. The van der Waals surface area contributed by atoms with Crippen molar-refractivity contribution in [2.45, 2.75) is 45.8 Å². The second kappa shape index (κ2) is 6.47. The van der Waals surface area contributed by atoms with Gasteiger partial charge in [-0.1, -0.05) is 13.8 Å². The Morgan fingerprint density at radius 1 is 1.40 bits per heavy atom. The number of amides is 1. The van der Waals surface area contributed by atoms with Crippen LogP contribution in [0.2, 0.25) is 0 Å². The molecule has 0 aliphatic heterocycles. The number of nitrogen functional groups attached to an aromatic ring is 1. The van der Waals surface area contributed by atoms with Gasteiger partial charge in [0, 0.05) is 16.6 Å². The van der Waals surface area contributed by atoms with E-state index >= 15 is 0 Å². The van der Waals surface area contributed by atoms with Crippen LogP contribution in [0.4, 0.5) is 18.9 Å². The van der Waals surface area contributed by atoms with Crippen molar-refractivity contribution >= 4 is 22.9 Å². The van der Waals surface area contributed by atoms with Gasteiger partial charge in [-0.25, -0.2) is 0 Å². The largest absolute Gasteiger partial charge is 0.406 e. The number of rotatable bonds is 5. The number of halogens is 3. The van der Waals surface area contributed by atoms with Gasteiger partial charge in [-0.3, -0.25) is 4.79 Å². The highest BCUT2D eigenvalue weighted by Crippen LogP contribution is 2.28. The van der Waals surface area contributed by atoms with Crippen molar-refractivity contribution in [3.05, 3.63) is 15.8 Å². The molecule has 0 radical (unpaired) electrons. The van der Waals surface area contributed by atoms with Gasteiger partial charge in [0.15, 0.2) is 0 Å². The van der Waals surface area contributed by atoms with Crippen LogP contribution < -0.4 is 5.73 Å². The van der Waals surface area contributed by atoms with Gasteiger partial charge in [0.05, 0.1) is 4.88 Å². The summed E-state index contributed by atoms with van der Waals surface area (Å²) in [5, 5.41) is 0. The van der Waals surface area contributed by atoms with Gasteiger partial charge in [-0.05, 0) is 25.8 Å². The molecule has 0 aliphatic carbocycles. The predicted octanol–water partition coefficient (Wildman–Crippen LogP) is 3.83. The summed E-state index contributed by atoms with van der Waals surface area (Å²) >= 11 is 1.13. The van der Waals surface area contributed by atoms with E-state index in [4.69, 9.17) is 5.73 Å². The summed E-state index contributed by atoms with van der Waals surface area (Å²) in [5.41, 5.74) is 6.10. The minimum absolute atomic E-state index is 0.260. The smallest absolute Gasteiger partial charge is 0.398 e. The summed E-state index contributed by atoms with van der Waals surface area (Å²) in [6.45, 7) is 4.06. The van der Waals surface area contributed by atoms with Crippen molar-refractivity contribution in [1.29, 1.82) is 0 Å². The van der Waals surface area contributed by atoms with Crippen molar-refractivity contribution < 1.29 is 18.0 Å². The molecule has 0 bridgehead atoms. The third-order valence-corrected chi connectivity index (χ3v) is 4.21. The maximum atomic E-state index is 12.7. The SMILES string of the molecule is CCC(CC)N(CC(F)(F)F)C(=O)c1cc(N)c(C)s1. The molecule has 0 aliphatic rings. The molecule has 2 N–H and O–H groups in total. The fourth-order valence-corrected chi connectivity index (χ4v) is 2.93. The summed E-state index contributed by atoms with van der Waals surface area (Å²) < 4.78 is 38.1. The van der Waals surface area contributed by atoms with Gasteiger partial charge in [0.25, 0.3) is 5.91 Å². The van der Waals surface area contributed by atoms with Gasteiger partial charge >= 0.3 is 6.18 Å². The second-order valence-corrected chi connectivity index (χ2v) is 5.90. The van der Waals surface area contributed by atoms with E-state index in [1.54, 1.807) is 20.8 Å². The quantitative estimate of drug-likeness (QED) is 0.898. The molecule has 3 nitrogen and oxygen atoms in total. The van der Waals surface area contributed by atoms with E-state index in [2.05, 4.69) is 0 Å². The van der Waals surface area contributed by atoms with Crippen molar-refractivity contribution in [2.24, 2.45) is 0 Å². The Morgan fingerprint density at radius 2 is 1.95 bits per heavy atom. The Balaban J connectivity index is 3.06. The van der Waals surface area contributed by atoms with E-state index < -0.39 is 24.7 Å². The average molecular weight is 308 g/mol. The fraction of sp³-hybridized carbons (Fsp3) is 0.615. The number of nitrogens with two attached hydrogens (primary N) is 1. The number of hydrogen-bond donors (Lipinski definition) is 1. The second-order valence-electron chi connectivity index (χ2n) is 4.64. The maximum Gasteiger partial charge on any atom is 0.406 e. The van der Waals surface area contributed by atoms with Crippen LogP contribution in [0.3, 0.4) is 0 Å². The molecule has 0 aromatic carbocycles. The Bertz CT molecular complexity index is 447. The fourth-order valence-electron chi connectivity index (χ4n) is 2.03. The van der Waals surface area contributed by atoms with Crippen LogP contribution in [0.1, 0.15) is 41.2 Å². The van der Waals surface area contributed by atoms with E-state index in [-0.39, 0.29) is 4.88 Å². The molecule has 1 amide bonds. The minimum Gasteiger partial charge on any atom is -0.398 e. The van der Waals surface area contributed by atoms with Crippen LogP contribution in [-0.4, -0.2) is 29.6 Å². The molecule has 1 rings (SSSR count). The molecule has 0 atom stereocenters. The minimum atomic E-state index is -4.41. The van der Waals surface area contributed by atoms with E-state index in [1.807, 2.05) is 0 Å². The predicted molar refractivity (Wildman–Crippen MR) is 74.9 cm³/mol. The first-order valence-corrected chi connectivity index (χ1v) is 7.24. The Labute approximate surface area is 120 Å². The lowest BCUT2D eigenvalue weighted by Gasteiger charge is -2.30. The number of anilines is 1. The van der Waals surface area contributed by atoms with Crippen molar-refractivity contribution in [3.63, 3.8) is 0 Å². The zero-order valence-electron chi connectivity index (χ0n) is 11.8. The molecule has 0 spiro atoms. The number of hydrogen-bond acceptors (Lipinski definition) is 3. The van der Waals surface area contributed by atoms with Crippen LogP contribution in [0.15, 0.2) is 6.07 Å². The summed E-state index contributed by atoms with van der Waals surface area (Å²) in [6, 6.07) is 1.03. The third-order valence-electron chi connectivity index (χ3n) is 3.16. The lowest BCUT2D eigenvalue weighted by molar-refractivity contribution is -0.144.